The number of anilines is 1. The van der Waals surface area contributed by atoms with E-state index in [1.807, 2.05) is 51.1 Å². The molecule has 1 N–H and O–H groups in total. The number of sulfonamides is 1. The lowest BCUT2D eigenvalue weighted by atomic mass is 9.97. The van der Waals surface area contributed by atoms with Crippen molar-refractivity contribution in [1.82, 2.24) is 4.72 Å². The number of likely N-dealkylation sites (N-methyl/N-ethyl adjacent to an activating group) is 1. The third-order valence-corrected chi connectivity index (χ3v) is 6.17. The normalized spacial score (nSPS) is 12.6. The number of nitrogens with one attached hydrogen (secondary N) is 1. The lowest BCUT2D eigenvalue weighted by Crippen LogP contribution is -2.40. The molecule has 2 aromatic rings. The summed E-state index contributed by atoms with van der Waals surface area (Å²) in [5.41, 5.74) is 2.11. The van der Waals surface area contributed by atoms with Crippen LogP contribution in [0.5, 0.6) is 0 Å². The second-order valence-electron chi connectivity index (χ2n) is 7.29. The van der Waals surface area contributed by atoms with Crippen LogP contribution in [0.1, 0.15) is 25.8 Å². The lowest BCUT2D eigenvalue weighted by Gasteiger charge is -2.25. The van der Waals surface area contributed by atoms with Gasteiger partial charge in [-0.15, -0.1) is 0 Å². The predicted molar refractivity (Wildman–Crippen MR) is 114 cm³/mol. The van der Waals surface area contributed by atoms with Crippen LogP contribution in [0, 0.1) is 12.8 Å². The molecule has 1 atom stereocenters. The number of para-hydroxylation sites is 1. The Labute approximate surface area is 168 Å². The van der Waals surface area contributed by atoms with Crippen molar-refractivity contribution in [1.29, 1.82) is 0 Å². The van der Waals surface area contributed by atoms with E-state index in [1.54, 1.807) is 31.3 Å². The fourth-order valence-electron chi connectivity index (χ4n) is 2.76. The first-order valence-corrected chi connectivity index (χ1v) is 10.7. The van der Waals surface area contributed by atoms with E-state index in [9.17, 15) is 13.2 Å². The van der Waals surface area contributed by atoms with Gasteiger partial charge >= 0.3 is 0 Å². The molecule has 0 saturated heterocycles. The summed E-state index contributed by atoms with van der Waals surface area (Å²) in [5, 5.41) is 0. The largest absolute Gasteiger partial charge is 0.312 e. The van der Waals surface area contributed by atoms with E-state index in [4.69, 9.17) is 0 Å². The summed E-state index contributed by atoms with van der Waals surface area (Å²) < 4.78 is 28.2. The van der Waals surface area contributed by atoms with Gasteiger partial charge in [-0.25, -0.2) is 13.1 Å². The molecule has 0 fully saturated rings. The molecule has 0 heterocycles. The van der Waals surface area contributed by atoms with Crippen LogP contribution in [0.25, 0.3) is 0 Å². The third kappa shape index (κ3) is 5.53. The molecule has 5 nitrogen and oxygen atoms in total. The Morgan fingerprint density at radius 2 is 1.64 bits per heavy atom. The molecule has 0 aliphatic heterocycles. The van der Waals surface area contributed by atoms with Crippen LogP contribution in [0.3, 0.4) is 0 Å². The number of hydrogen-bond donors (Lipinski definition) is 1. The second kappa shape index (κ2) is 9.17. The molecule has 0 saturated carbocycles. The summed E-state index contributed by atoms with van der Waals surface area (Å²) in [6, 6.07) is 15.5. The van der Waals surface area contributed by atoms with Crippen molar-refractivity contribution >= 4 is 21.6 Å². The Hall–Kier alpha value is -2.44. The first-order chi connectivity index (χ1) is 13.1. The molecule has 1 amide bonds. The summed E-state index contributed by atoms with van der Waals surface area (Å²) in [5.74, 6) is -0.238. The molecular formula is C22H28N2O3S. The van der Waals surface area contributed by atoms with Gasteiger partial charge in [0.05, 0.1) is 4.90 Å². The van der Waals surface area contributed by atoms with E-state index in [2.05, 4.69) is 11.3 Å². The van der Waals surface area contributed by atoms with E-state index >= 15 is 0 Å². The maximum atomic E-state index is 12.7. The van der Waals surface area contributed by atoms with Crippen LogP contribution in [0.15, 0.2) is 71.6 Å². The number of hydrogen-bond acceptors (Lipinski definition) is 3. The molecular weight excluding hydrogens is 372 g/mol. The van der Waals surface area contributed by atoms with Gasteiger partial charge in [0.15, 0.2) is 0 Å². The molecule has 0 spiro atoms. The van der Waals surface area contributed by atoms with Gasteiger partial charge < -0.3 is 4.90 Å². The Kier molecular flexibility index (Phi) is 7.16. The van der Waals surface area contributed by atoms with Crippen LogP contribution in [-0.4, -0.2) is 27.4 Å². The minimum Gasteiger partial charge on any atom is -0.312 e. The fourth-order valence-corrected chi connectivity index (χ4v) is 4.14. The third-order valence-electron chi connectivity index (χ3n) is 4.66. The smallest absolute Gasteiger partial charge is 0.253 e. The quantitative estimate of drug-likeness (QED) is 0.683. The summed E-state index contributed by atoms with van der Waals surface area (Å²) >= 11 is 0. The first kappa shape index (κ1) is 21.9. The Bertz CT molecular complexity index is 920. The summed E-state index contributed by atoms with van der Waals surface area (Å²) in [6.07, 6.45) is 0.235. The molecule has 0 bridgehead atoms. The monoisotopic (exact) mass is 400 g/mol. The Morgan fingerprint density at radius 1 is 1.07 bits per heavy atom. The predicted octanol–water partition coefficient (Wildman–Crippen LogP) is 3.91. The van der Waals surface area contributed by atoms with Gasteiger partial charge in [0.2, 0.25) is 10.0 Å². The minimum absolute atomic E-state index is 0.00759. The van der Waals surface area contributed by atoms with Crippen LogP contribution >= 0.6 is 0 Å². The average Bonchev–Trinajstić information content (AvgIpc) is 2.67. The van der Waals surface area contributed by atoms with E-state index in [0.717, 1.165) is 11.3 Å². The van der Waals surface area contributed by atoms with Crippen molar-refractivity contribution < 1.29 is 13.2 Å². The molecule has 2 rings (SSSR count). The summed E-state index contributed by atoms with van der Waals surface area (Å²) in [7, 11) is -2.00. The number of aryl methyl sites for hydroxylation is 1. The first-order valence-electron chi connectivity index (χ1n) is 9.21. The maximum absolute atomic E-state index is 12.7. The van der Waals surface area contributed by atoms with Gasteiger partial charge in [0.1, 0.15) is 0 Å². The number of carbonyl (C=O) groups excluding carboxylic acids is 1. The van der Waals surface area contributed by atoms with Gasteiger partial charge in [-0.3, -0.25) is 4.79 Å². The number of amides is 1. The van der Waals surface area contributed by atoms with Gasteiger partial charge in [-0.2, -0.15) is 0 Å². The zero-order valence-electron chi connectivity index (χ0n) is 16.8. The molecule has 2 aromatic carbocycles. The van der Waals surface area contributed by atoms with Crippen LogP contribution < -0.4 is 9.62 Å². The van der Waals surface area contributed by atoms with Crippen LogP contribution in [-0.2, 0) is 14.8 Å². The average molecular weight is 401 g/mol. The highest BCUT2D eigenvalue weighted by Gasteiger charge is 2.25. The van der Waals surface area contributed by atoms with Crippen molar-refractivity contribution in [2.45, 2.75) is 38.1 Å². The molecule has 28 heavy (non-hydrogen) atoms. The Morgan fingerprint density at radius 3 is 2.18 bits per heavy atom. The van der Waals surface area contributed by atoms with Crippen LogP contribution in [0.4, 0.5) is 5.69 Å². The summed E-state index contributed by atoms with van der Waals surface area (Å²) in [6.45, 7) is 9.65. The lowest BCUT2D eigenvalue weighted by molar-refractivity contribution is -0.115. The van der Waals surface area contributed by atoms with Gasteiger partial charge in [0, 0.05) is 24.4 Å². The van der Waals surface area contributed by atoms with E-state index in [0.29, 0.717) is 5.57 Å². The molecule has 0 aliphatic carbocycles. The summed E-state index contributed by atoms with van der Waals surface area (Å²) in [4.78, 5) is 14.5. The highest BCUT2D eigenvalue weighted by atomic mass is 32.2. The minimum atomic E-state index is -3.68. The molecule has 6 heteroatoms. The zero-order valence-corrected chi connectivity index (χ0v) is 17.7. The number of carbonyl (C=O) groups is 1. The number of nitrogens with zero attached hydrogens (tertiary/aromatic N) is 1. The van der Waals surface area contributed by atoms with E-state index in [1.165, 1.54) is 4.90 Å². The van der Waals surface area contributed by atoms with Gasteiger partial charge in [-0.05, 0) is 43.5 Å². The van der Waals surface area contributed by atoms with Crippen LogP contribution in [0.2, 0.25) is 0 Å². The molecule has 0 aromatic heterocycles. The number of benzene rings is 2. The molecule has 0 radical (unpaired) electrons. The van der Waals surface area contributed by atoms with E-state index in [-0.39, 0.29) is 23.1 Å². The molecule has 0 aliphatic rings. The zero-order chi connectivity index (χ0) is 20.9. The van der Waals surface area contributed by atoms with E-state index < -0.39 is 16.1 Å². The van der Waals surface area contributed by atoms with Crippen molar-refractivity contribution in [3.63, 3.8) is 0 Å². The highest BCUT2D eigenvalue weighted by molar-refractivity contribution is 7.89. The maximum Gasteiger partial charge on any atom is 0.253 e. The Balaban J connectivity index is 2.12. The van der Waals surface area contributed by atoms with Crippen molar-refractivity contribution in [2.24, 2.45) is 5.92 Å². The number of rotatable bonds is 8. The van der Waals surface area contributed by atoms with Crippen molar-refractivity contribution in [2.75, 3.05) is 11.9 Å². The second-order valence-corrected chi connectivity index (χ2v) is 9.01. The fraction of sp³-hybridized carbons (Fsp3) is 0.318. The molecule has 1 unspecified atom stereocenters. The standard InChI is InChI=1S/C22H28N2O3S/c1-16(2)21(23-28(26,27)20-13-11-17(3)12-14-20)15-18(4)22(25)24(5)19-9-7-6-8-10-19/h6-14,16,21,23H,4,15H2,1-3,5H3. The van der Waals surface area contributed by atoms with Gasteiger partial charge in [-0.1, -0.05) is 56.3 Å². The van der Waals surface area contributed by atoms with Crippen molar-refractivity contribution in [3.05, 3.63) is 72.3 Å². The van der Waals surface area contributed by atoms with Crippen molar-refractivity contribution in [3.8, 4) is 0 Å². The van der Waals surface area contributed by atoms with Gasteiger partial charge in [0.25, 0.3) is 5.91 Å². The molecule has 150 valence electrons. The SMILES string of the molecule is C=C(CC(NS(=O)(=O)c1ccc(C)cc1)C(C)C)C(=O)N(C)c1ccccc1. The highest BCUT2D eigenvalue weighted by Crippen LogP contribution is 2.20. The topological polar surface area (TPSA) is 66.5 Å².